The molecule has 0 radical (unpaired) electrons. The monoisotopic (exact) mass is 544 g/mol. The number of hydrogen-bond donors (Lipinski definition) is 5. The van der Waals surface area contributed by atoms with E-state index >= 15 is 0 Å². The second-order valence-corrected chi connectivity index (χ2v) is 11.5. The average Bonchev–Trinajstić information content (AvgIpc) is 2.85. The van der Waals surface area contributed by atoms with Crippen molar-refractivity contribution >= 4 is 34.8 Å². The lowest BCUT2D eigenvalue weighted by molar-refractivity contribution is -0.147. The second kappa shape index (κ2) is 9.70. The van der Waals surface area contributed by atoms with Crippen LogP contribution < -0.4 is 5.73 Å². The van der Waals surface area contributed by atoms with Crippen molar-refractivity contribution < 1.29 is 34.8 Å². The largest absolute Gasteiger partial charge is 0.508 e. The number of hydrogen-bond acceptors (Lipinski definition) is 8. The third-order valence-corrected chi connectivity index (χ3v) is 9.34. The fourth-order valence-electron chi connectivity index (χ4n) is 6.92. The third-order valence-electron chi connectivity index (χ3n) is 8.87. The van der Waals surface area contributed by atoms with Crippen LogP contribution in [-0.2, 0) is 27.3 Å². The maximum atomic E-state index is 13.6. The molecule has 1 aromatic rings. The summed E-state index contributed by atoms with van der Waals surface area (Å²) in [5, 5.41) is 44.5. The molecular weight excluding hydrogens is 512 g/mol. The highest BCUT2D eigenvalue weighted by atomic mass is 35.5. The van der Waals surface area contributed by atoms with Gasteiger partial charge in [-0.3, -0.25) is 19.3 Å². The van der Waals surface area contributed by atoms with E-state index in [9.17, 15) is 34.8 Å². The Morgan fingerprint density at radius 1 is 1.18 bits per heavy atom. The Morgan fingerprint density at radius 2 is 1.87 bits per heavy atom. The molecule has 1 amide bonds. The molecule has 2 fully saturated rings. The number of rotatable bonds is 5. The van der Waals surface area contributed by atoms with Crippen LogP contribution in [0.25, 0.3) is 5.76 Å². The Hall–Kier alpha value is -2.88. The zero-order valence-corrected chi connectivity index (χ0v) is 22.1. The summed E-state index contributed by atoms with van der Waals surface area (Å²) in [7, 11) is 0. The average molecular weight is 545 g/mol. The number of primary amides is 1. The van der Waals surface area contributed by atoms with Crippen molar-refractivity contribution in [3.05, 3.63) is 44.7 Å². The van der Waals surface area contributed by atoms with Gasteiger partial charge in [0, 0.05) is 29.5 Å². The lowest BCUT2D eigenvalue weighted by Gasteiger charge is -2.46. The highest BCUT2D eigenvalue weighted by molar-refractivity contribution is 6.32. The quantitative estimate of drug-likeness (QED) is 0.353. The van der Waals surface area contributed by atoms with Crippen LogP contribution in [0.2, 0.25) is 5.02 Å². The van der Waals surface area contributed by atoms with E-state index in [2.05, 4.69) is 11.8 Å². The topological polar surface area (TPSA) is 161 Å². The minimum absolute atomic E-state index is 0.0209. The SMILES string of the molecule is CCCC1CCN(Cc2cc(O)c3c(c2Cl)CC2C[C@H]4CC(=O)C(C(N)=O)=C(O)[C@@]4(O)C(=O)C2=C3O)CC1. The molecule has 1 heterocycles. The van der Waals surface area contributed by atoms with E-state index < -0.39 is 52.0 Å². The second-order valence-electron chi connectivity index (χ2n) is 11.1. The van der Waals surface area contributed by atoms with Gasteiger partial charge in [-0.2, -0.15) is 0 Å². The highest BCUT2D eigenvalue weighted by Gasteiger charge is 2.60. The number of phenols is 1. The highest BCUT2D eigenvalue weighted by Crippen LogP contribution is 2.53. The molecular formula is C28H33ClN2O7. The number of nitrogens with two attached hydrogens (primary N) is 1. The number of aliphatic hydroxyl groups excluding tert-OH is 2. The van der Waals surface area contributed by atoms with Crippen molar-refractivity contribution in [2.45, 2.75) is 64.0 Å². The number of carbonyl (C=O) groups is 3. The number of fused-ring (bicyclic) bond motifs is 3. The summed E-state index contributed by atoms with van der Waals surface area (Å²) in [5.74, 6) is -5.72. The number of phenolic OH excluding ortho intramolecular Hbond substituents is 1. The fourth-order valence-corrected chi connectivity index (χ4v) is 7.21. The van der Waals surface area contributed by atoms with E-state index in [-0.39, 0.29) is 36.1 Å². The van der Waals surface area contributed by atoms with Gasteiger partial charge in [-0.05, 0) is 67.8 Å². The molecule has 3 atom stereocenters. The standard InChI is InChI=1S/C28H33ClN2O7/c1-2-3-13-4-6-31(7-5-13)12-15-10-18(32)21-17(23(15)29)9-14-8-16-11-19(33)22(27(30)37)26(36)28(16,38)25(35)20(14)24(21)34/h10,13-14,16,32,34,36,38H,2-9,11-12H2,1H3,(H2,30,37)/t14?,16-,28-/m0/s1. The predicted octanol–water partition coefficient (Wildman–Crippen LogP) is 3.09. The molecule has 5 rings (SSSR count). The molecule has 38 heavy (non-hydrogen) atoms. The number of Topliss-reactive ketones (excluding diaryl/α,β-unsaturated/α-hetero) is 2. The number of nitrogens with zero attached hydrogens (tertiary/aromatic N) is 1. The maximum Gasteiger partial charge on any atom is 0.255 e. The Morgan fingerprint density at radius 3 is 2.50 bits per heavy atom. The molecule has 0 aromatic heterocycles. The van der Waals surface area contributed by atoms with Gasteiger partial charge < -0.3 is 26.2 Å². The molecule has 4 aliphatic rings. The van der Waals surface area contributed by atoms with Crippen molar-refractivity contribution in [3.8, 4) is 5.75 Å². The van der Waals surface area contributed by atoms with E-state index in [1.807, 2.05) is 0 Å². The van der Waals surface area contributed by atoms with Crippen LogP contribution in [0.3, 0.4) is 0 Å². The van der Waals surface area contributed by atoms with Crippen LogP contribution >= 0.6 is 11.6 Å². The number of piperidine rings is 1. The first kappa shape index (κ1) is 26.7. The first-order valence-corrected chi connectivity index (χ1v) is 13.6. The smallest absolute Gasteiger partial charge is 0.255 e. The van der Waals surface area contributed by atoms with Gasteiger partial charge in [-0.25, -0.2) is 0 Å². The van der Waals surface area contributed by atoms with E-state index in [4.69, 9.17) is 17.3 Å². The zero-order chi connectivity index (χ0) is 27.5. The number of benzene rings is 1. The van der Waals surface area contributed by atoms with E-state index in [0.29, 0.717) is 17.1 Å². The van der Waals surface area contributed by atoms with Crippen LogP contribution in [0.4, 0.5) is 0 Å². The molecule has 10 heteroatoms. The molecule has 0 bridgehead atoms. The van der Waals surface area contributed by atoms with Crippen molar-refractivity contribution in [3.63, 3.8) is 0 Å². The van der Waals surface area contributed by atoms with Crippen molar-refractivity contribution in [2.75, 3.05) is 13.1 Å². The van der Waals surface area contributed by atoms with Crippen LogP contribution in [-0.4, -0.2) is 61.5 Å². The molecule has 1 saturated carbocycles. The Kier molecular flexibility index (Phi) is 6.82. The molecule has 9 nitrogen and oxygen atoms in total. The lowest BCUT2D eigenvalue weighted by atomic mass is 9.59. The van der Waals surface area contributed by atoms with Crippen molar-refractivity contribution in [2.24, 2.45) is 23.5 Å². The predicted molar refractivity (Wildman–Crippen MR) is 139 cm³/mol. The van der Waals surface area contributed by atoms with Gasteiger partial charge in [0.05, 0.1) is 5.56 Å². The summed E-state index contributed by atoms with van der Waals surface area (Å²) in [6, 6.07) is 1.50. The molecule has 1 aliphatic heterocycles. The number of likely N-dealkylation sites (tertiary alicyclic amines) is 1. The van der Waals surface area contributed by atoms with Crippen molar-refractivity contribution in [1.82, 2.24) is 4.90 Å². The molecule has 6 N–H and O–H groups in total. The molecule has 3 aliphatic carbocycles. The fraction of sp³-hybridized carbons (Fsp3) is 0.536. The zero-order valence-electron chi connectivity index (χ0n) is 21.3. The van der Waals surface area contributed by atoms with Crippen LogP contribution in [0.15, 0.2) is 23.0 Å². The normalized spacial score (nSPS) is 28.3. The van der Waals surface area contributed by atoms with Crippen LogP contribution in [0, 0.1) is 17.8 Å². The van der Waals surface area contributed by atoms with Gasteiger partial charge >= 0.3 is 0 Å². The van der Waals surface area contributed by atoms with Gasteiger partial charge in [-0.15, -0.1) is 0 Å². The van der Waals surface area contributed by atoms with Gasteiger partial charge in [0.25, 0.3) is 5.91 Å². The number of ketones is 2. The van der Waals surface area contributed by atoms with Crippen LogP contribution in [0.1, 0.15) is 62.1 Å². The number of aliphatic hydroxyl groups is 3. The van der Waals surface area contributed by atoms with Gasteiger partial charge in [0.2, 0.25) is 5.78 Å². The third kappa shape index (κ3) is 4.03. The number of halogens is 1. The van der Waals surface area contributed by atoms with E-state index in [0.717, 1.165) is 37.4 Å². The number of amides is 1. The summed E-state index contributed by atoms with van der Waals surface area (Å²) in [5.41, 5.74) is 2.93. The maximum absolute atomic E-state index is 13.6. The minimum atomic E-state index is -2.57. The summed E-state index contributed by atoms with van der Waals surface area (Å²) >= 11 is 6.84. The molecule has 1 aromatic carbocycles. The molecule has 204 valence electrons. The number of carbonyl (C=O) groups excluding carboxylic acids is 3. The summed E-state index contributed by atoms with van der Waals surface area (Å²) < 4.78 is 0. The Balaban J connectivity index is 1.50. The van der Waals surface area contributed by atoms with E-state index in [1.54, 1.807) is 0 Å². The molecule has 1 unspecified atom stereocenters. The van der Waals surface area contributed by atoms with E-state index in [1.165, 1.54) is 18.9 Å². The summed E-state index contributed by atoms with van der Waals surface area (Å²) in [6.45, 7) is 4.61. The Bertz CT molecular complexity index is 1290. The first-order valence-electron chi connectivity index (χ1n) is 13.2. The van der Waals surface area contributed by atoms with Crippen LogP contribution in [0.5, 0.6) is 5.75 Å². The lowest BCUT2D eigenvalue weighted by Crippen LogP contribution is -2.58. The summed E-state index contributed by atoms with van der Waals surface area (Å²) in [6.07, 6.45) is 4.55. The minimum Gasteiger partial charge on any atom is -0.508 e. The van der Waals surface area contributed by atoms with Gasteiger partial charge in [0.1, 0.15) is 22.8 Å². The van der Waals surface area contributed by atoms with Gasteiger partial charge in [0.15, 0.2) is 11.4 Å². The first-order chi connectivity index (χ1) is 18.0. The number of aromatic hydroxyl groups is 1. The van der Waals surface area contributed by atoms with Gasteiger partial charge in [-0.1, -0.05) is 31.4 Å². The summed E-state index contributed by atoms with van der Waals surface area (Å²) in [4.78, 5) is 40.1. The van der Waals surface area contributed by atoms with Crippen molar-refractivity contribution in [1.29, 1.82) is 0 Å². The Labute approximate surface area is 225 Å². The molecule has 1 saturated heterocycles. The molecule has 0 spiro atoms.